The van der Waals surface area contributed by atoms with Gasteiger partial charge in [0, 0.05) is 51.0 Å². The Hall–Kier alpha value is -1.06. The summed E-state index contributed by atoms with van der Waals surface area (Å²) < 4.78 is 11.2. The first kappa shape index (κ1) is 25.2. The lowest BCUT2D eigenvalue weighted by Crippen LogP contribution is -2.38. The van der Waals surface area contributed by atoms with Crippen molar-refractivity contribution in [1.29, 1.82) is 0 Å². The first-order chi connectivity index (χ1) is 14.3. The maximum absolute atomic E-state index is 5.78. The number of guanidine groups is 1. The highest BCUT2D eigenvalue weighted by Crippen LogP contribution is 2.24. The molecule has 3 rings (SSSR count). The third-order valence-electron chi connectivity index (χ3n) is 5.63. The largest absolute Gasteiger partial charge is 0.381 e. The zero-order valence-corrected chi connectivity index (χ0v) is 20.9. The van der Waals surface area contributed by atoms with E-state index >= 15 is 0 Å². The van der Waals surface area contributed by atoms with Crippen LogP contribution in [-0.4, -0.2) is 58.6 Å². The van der Waals surface area contributed by atoms with Gasteiger partial charge in [0.15, 0.2) is 5.96 Å². The van der Waals surface area contributed by atoms with E-state index in [1.54, 1.807) is 0 Å². The van der Waals surface area contributed by atoms with E-state index in [9.17, 15) is 0 Å². The number of aliphatic imine (C=N–C) groups is 1. The molecule has 30 heavy (non-hydrogen) atoms. The van der Waals surface area contributed by atoms with Crippen LogP contribution in [0.5, 0.6) is 0 Å². The fourth-order valence-electron chi connectivity index (χ4n) is 3.90. The van der Waals surface area contributed by atoms with Crippen LogP contribution in [0.1, 0.15) is 51.1 Å². The minimum absolute atomic E-state index is 0. The van der Waals surface area contributed by atoms with E-state index in [-0.39, 0.29) is 30.0 Å². The van der Waals surface area contributed by atoms with Crippen molar-refractivity contribution in [1.82, 2.24) is 10.6 Å². The van der Waals surface area contributed by atoms with Gasteiger partial charge in [-0.1, -0.05) is 12.1 Å². The summed E-state index contributed by atoms with van der Waals surface area (Å²) in [5.41, 5.74) is 2.63. The molecule has 0 amide bonds. The Morgan fingerprint density at radius 1 is 1.33 bits per heavy atom. The van der Waals surface area contributed by atoms with Crippen LogP contribution in [0.15, 0.2) is 29.3 Å². The van der Waals surface area contributed by atoms with Crippen LogP contribution in [0.3, 0.4) is 0 Å². The number of nitrogens with one attached hydrogen (secondary N) is 2. The van der Waals surface area contributed by atoms with Gasteiger partial charge in [0.05, 0.1) is 19.3 Å². The van der Waals surface area contributed by atoms with Crippen LogP contribution in [0.4, 0.5) is 5.69 Å². The summed E-state index contributed by atoms with van der Waals surface area (Å²) in [5, 5.41) is 6.91. The standard InChI is InChI=1S/C23H38N4O2.HI/c1-3-24-23(25-11-7-14-28-17-20-10-15-29-18-20)26-19(2)21-8-6-9-22(16-21)27-12-4-5-13-27;/h6,8-9,16,19-20H,3-5,7,10-15,17-18H2,1-2H3,(H2,24,25,26);1H. The van der Waals surface area contributed by atoms with E-state index in [1.807, 2.05) is 0 Å². The number of hydrogen-bond acceptors (Lipinski definition) is 4. The summed E-state index contributed by atoms with van der Waals surface area (Å²) in [7, 11) is 0. The Morgan fingerprint density at radius 3 is 2.90 bits per heavy atom. The Bertz CT molecular complexity index is 631. The van der Waals surface area contributed by atoms with E-state index < -0.39 is 0 Å². The van der Waals surface area contributed by atoms with E-state index in [4.69, 9.17) is 14.5 Å². The molecule has 1 aromatic rings. The molecule has 0 spiro atoms. The van der Waals surface area contributed by atoms with Gasteiger partial charge in [-0.05, 0) is 57.2 Å². The zero-order chi connectivity index (χ0) is 20.3. The van der Waals surface area contributed by atoms with Gasteiger partial charge in [0.25, 0.3) is 0 Å². The Kier molecular flexibility index (Phi) is 11.8. The maximum atomic E-state index is 5.78. The van der Waals surface area contributed by atoms with Gasteiger partial charge in [-0.15, -0.1) is 24.0 Å². The topological polar surface area (TPSA) is 58.1 Å². The molecule has 1 aromatic carbocycles. The zero-order valence-electron chi connectivity index (χ0n) is 18.6. The van der Waals surface area contributed by atoms with Crippen molar-refractivity contribution in [3.8, 4) is 0 Å². The average Bonchev–Trinajstić information content (AvgIpc) is 3.45. The molecule has 2 aliphatic heterocycles. The summed E-state index contributed by atoms with van der Waals surface area (Å²) in [4.78, 5) is 7.21. The molecular formula is C23H39IN4O2. The number of anilines is 1. The minimum atomic E-state index is 0. The average molecular weight is 530 g/mol. The van der Waals surface area contributed by atoms with Crippen molar-refractivity contribution in [3.05, 3.63) is 29.8 Å². The molecule has 2 atom stereocenters. The van der Waals surface area contributed by atoms with Gasteiger partial charge in [0.2, 0.25) is 0 Å². The third-order valence-corrected chi connectivity index (χ3v) is 5.63. The highest BCUT2D eigenvalue weighted by atomic mass is 127. The monoisotopic (exact) mass is 530 g/mol. The Morgan fingerprint density at radius 2 is 2.17 bits per heavy atom. The Labute approximate surface area is 199 Å². The number of rotatable bonds is 10. The quantitative estimate of drug-likeness (QED) is 0.208. The summed E-state index contributed by atoms with van der Waals surface area (Å²) in [5.74, 6) is 1.45. The van der Waals surface area contributed by atoms with Crippen LogP contribution in [0, 0.1) is 5.92 Å². The maximum Gasteiger partial charge on any atom is 0.191 e. The van der Waals surface area contributed by atoms with Crippen molar-refractivity contribution in [3.63, 3.8) is 0 Å². The molecule has 2 saturated heterocycles. The highest BCUT2D eigenvalue weighted by Gasteiger charge is 2.16. The normalized spacial score (nSPS) is 20.1. The number of hydrogen-bond donors (Lipinski definition) is 2. The van der Waals surface area contributed by atoms with Gasteiger partial charge in [-0.2, -0.15) is 0 Å². The molecule has 2 heterocycles. The summed E-state index contributed by atoms with van der Waals surface area (Å²) >= 11 is 0. The lowest BCUT2D eigenvalue weighted by atomic mass is 10.1. The fourth-order valence-corrected chi connectivity index (χ4v) is 3.90. The molecule has 2 unspecified atom stereocenters. The second-order valence-electron chi connectivity index (χ2n) is 8.07. The molecule has 7 heteroatoms. The van der Waals surface area contributed by atoms with Gasteiger partial charge in [-0.3, -0.25) is 4.99 Å². The predicted octanol–water partition coefficient (Wildman–Crippen LogP) is 3.96. The lowest BCUT2D eigenvalue weighted by Gasteiger charge is -2.22. The van der Waals surface area contributed by atoms with Gasteiger partial charge in [-0.25, -0.2) is 0 Å². The van der Waals surface area contributed by atoms with E-state index in [1.165, 1.54) is 37.2 Å². The van der Waals surface area contributed by atoms with Crippen LogP contribution < -0.4 is 15.5 Å². The minimum Gasteiger partial charge on any atom is -0.381 e. The molecule has 170 valence electrons. The molecule has 0 saturated carbocycles. The molecule has 0 aromatic heterocycles. The molecule has 0 bridgehead atoms. The molecule has 6 nitrogen and oxygen atoms in total. The second kappa shape index (κ2) is 14.1. The molecule has 0 aliphatic carbocycles. The van der Waals surface area contributed by atoms with E-state index in [2.05, 4.69) is 53.6 Å². The smallest absolute Gasteiger partial charge is 0.191 e. The number of nitrogens with zero attached hydrogens (tertiary/aromatic N) is 2. The van der Waals surface area contributed by atoms with Crippen molar-refractivity contribution in [2.75, 3.05) is 57.5 Å². The van der Waals surface area contributed by atoms with Crippen LogP contribution in [-0.2, 0) is 9.47 Å². The number of benzene rings is 1. The third kappa shape index (κ3) is 8.23. The van der Waals surface area contributed by atoms with Gasteiger partial charge in [0.1, 0.15) is 0 Å². The van der Waals surface area contributed by atoms with Crippen molar-refractivity contribution < 1.29 is 9.47 Å². The number of ether oxygens (including phenoxy) is 2. The van der Waals surface area contributed by atoms with Gasteiger partial charge >= 0.3 is 0 Å². The molecule has 2 N–H and O–H groups in total. The first-order valence-electron chi connectivity index (χ1n) is 11.3. The van der Waals surface area contributed by atoms with Crippen LogP contribution >= 0.6 is 24.0 Å². The van der Waals surface area contributed by atoms with Crippen molar-refractivity contribution in [2.24, 2.45) is 10.9 Å². The summed E-state index contributed by atoms with van der Waals surface area (Å²) in [6.45, 7) is 11.6. The van der Waals surface area contributed by atoms with Crippen molar-refractivity contribution >= 4 is 35.6 Å². The number of halogens is 1. The molecular weight excluding hydrogens is 491 g/mol. The predicted molar refractivity (Wildman–Crippen MR) is 135 cm³/mol. The van der Waals surface area contributed by atoms with Crippen LogP contribution in [0.2, 0.25) is 0 Å². The SMILES string of the molecule is CCNC(=NCCCOCC1CCOC1)NC(C)c1cccc(N2CCCC2)c1.I. The second-order valence-corrected chi connectivity index (χ2v) is 8.07. The van der Waals surface area contributed by atoms with E-state index in [0.29, 0.717) is 5.92 Å². The molecule has 2 fully saturated rings. The highest BCUT2D eigenvalue weighted by molar-refractivity contribution is 14.0. The summed E-state index contributed by atoms with van der Waals surface area (Å²) in [6.07, 6.45) is 4.66. The first-order valence-corrected chi connectivity index (χ1v) is 11.3. The van der Waals surface area contributed by atoms with Crippen LogP contribution in [0.25, 0.3) is 0 Å². The molecule has 0 radical (unpaired) electrons. The van der Waals surface area contributed by atoms with Crippen molar-refractivity contribution in [2.45, 2.75) is 45.6 Å². The van der Waals surface area contributed by atoms with E-state index in [0.717, 1.165) is 58.3 Å². The lowest BCUT2D eigenvalue weighted by molar-refractivity contribution is 0.0893. The summed E-state index contributed by atoms with van der Waals surface area (Å²) in [6, 6.07) is 9.10. The fraction of sp³-hybridized carbons (Fsp3) is 0.696. The Balaban J connectivity index is 0.00000320. The molecule has 2 aliphatic rings. The van der Waals surface area contributed by atoms with Gasteiger partial charge < -0.3 is 25.0 Å².